The molecule has 1 saturated carbocycles. The zero-order valence-electron chi connectivity index (χ0n) is 24.8. The maximum absolute atomic E-state index is 13.6. The molecule has 1 aromatic carbocycles. The highest BCUT2D eigenvalue weighted by Gasteiger charge is 2.30. The molecule has 220 valence electrons. The SMILES string of the molecule is Cc1c(C(=O)NC2CCOCC2)cc(-c2ccc(S(=O)(=O)NC(C)(C)C)c3c2CCCC3)n1CC1CCCCC1. The van der Waals surface area contributed by atoms with Gasteiger partial charge in [0.05, 0.1) is 10.5 Å². The summed E-state index contributed by atoms with van der Waals surface area (Å²) in [6, 6.07) is 5.99. The highest BCUT2D eigenvalue weighted by atomic mass is 32.2. The predicted molar refractivity (Wildman–Crippen MR) is 159 cm³/mol. The minimum absolute atomic E-state index is 0.0181. The minimum Gasteiger partial charge on any atom is -0.381 e. The van der Waals surface area contributed by atoms with Gasteiger partial charge in [0.15, 0.2) is 0 Å². The van der Waals surface area contributed by atoms with Gasteiger partial charge in [0.25, 0.3) is 5.91 Å². The minimum atomic E-state index is -3.66. The number of carbonyl (C=O) groups excluding carboxylic acids is 1. The Balaban J connectivity index is 1.58. The lowest BCUT2D eigenvalue weighted by molar-refractivity contribution is 0.0696. The van der Waals surface area contributed by atoms with Crippen molar-refractivity contribution < 1.29 is 17.9 Å². The number of hydrogen-bond donors (Lipinski definition) is 2. The van der Waals surface area contributed by atoms with Gasteiger partial charge in [-0.3, -0.25) is 4.79 Å². The molecule has 0 bridgehead atoms. The number of nitrogens with zero attached hydrogens (tertiary/aromatic N) is 1. The van der Waals surface area contributed by atoms with Gasteiger partial charge in [0.2, 0.25) is 10.0 Å². The van der Waals surface area contributed by atoms with Crippen LogP contribution < -0.4 is 10.0 Å². The molecule has 0 atom stereocenters. The molecular formula is C32H47N3O4S. The maximum Gasteiger partial charge on any atom is 0.253 e. The van der Waals surface area contributed by atoms with Gasteiger partial charge < -0.3 is 14.6 Å². The number of aromatic nitrogens is 1. The lowest BCUT2D eigenvalue weighted by Crippen LogP contribution is -2.41. The van der Waals surface area contributed by atoms with Crippen LogP contribution in [0, 0.1) is 12.8 Å². The summed E-state index contributed by atoms with van der Waals surface area (Å²) in [6.07, 6.45) is 11.6. The van der Waals surface area contributed by atoms with Crippen LogP contribution in [-0.2, 0) is 34.1 Å². The second kappa shape index (κ2) is 12.0. The van der Waals surface area contributed by atoms with E-state index in [2.05, 4.69) is 27.6 Å². The largest absolute Gasteiger partial charge is 0.381 e. The van der Waals surface area contributed by atoms with E-state index >= 15 is 0 Å². The third-order valence-corrected chi connectivity index (χ3v) is 10.7. The van der Waals surface area contributed by atoms with Crippen molar-refractivity contribution in [2.75, 3.05) is 13.2 Å². The van der Waals surface area contributed by atoms with E-state index in [-0.39, 0.29) is 11.9 Å². The molecule has 1 aromatic heterocycles. The van der Waals surface area contributed by atoms with Gasteiger partial charge in [0.1, 0.15) is 0 Å². The molecule has 0 radical (unpaired) electrons. The Kier molecular flexibility index (Phi) is 8.79. The van der Waals surface area contributed by atoms with Crippen molar-refractivity contribution in [1.82, 2.24) is 14.6 Å². The van der Waals surface area contributed by atoms with Crippen molar-refractivity contribution >= 4 is 15.9 Å². The highest BCUT2D eigenvalue weighted by Crippen LogP contribution is 2.38. The number of sulfonamides is 1. The van der Waals surface area contributed by atoms with Crippen molar-refractivity contribution in [1.29, 1.82) is 0 Å². The summed E-state index contributed by atoms with van der Waals surface area (Å²) >= 11 is 0. The summed E-state index contributed by atoms with van der Waals surface area (Å²) in [7, 11) is -3.66. The fourth-order valence-corrected chi connectivity index (χ4v) is 8.56. The van der Waals surface area contributed by atoms with Crippen LogP contribution in [0.2, 0.25) is 0 Å². The standard InChI is InChI=1S/C32H47N3O4S/c1-22-28(31(36)33-24-16-18-39-19-17-24)20-29(35(22)21-23-10-6-5-7-11-23)26-14-15-30(27-13-9-8-12-25(26)27)40(37,38)34-32(2,3)4/h14-15,20,23-24,34H,5-13,16-19,21H2,1-4H3,(H,33,36). The van der Waals surface area contributed by atoms with Crippen molar-refractivity contribution in [2.45, 2.75) is 121 Å². The van der Waals surface area contributed by atoms with E-state index in [9.17, 15) is 13.2 Å². The van der Waals surface area contributed by atoms with E-state index < -0.39 is 15.6 Å². The number of carbonyl (C=O) groups is 1. The first-order valence-corrected chi connectivity index (χ1v) is 16.8. The number of ether oxygens (including phenoxy) is 1. The van der Waals surface area contributed by atoms with E-state index in [0.717, 1.165) is 78.7 Å². The van der Waals surface area contributed by atoms with Crippen LogP contribution >= 0.6 is 0 Å². The molecule has 7 nitrogen and oxygen atoms in total. The first-order valence-electron chi connectivity index (χ1n) is 15.3. The number of rotatable bonds is 7. The molecule has 0 unspecified atom stereocenters. The van der Waals surface area contributed by atoms with Crippen LogP contribution in [-0.4, -0.2) is 43.7 Å². The lowest BCUT2D eigenvalue weighted by Gasteiger charge is -2.27. The zero-order valence-corrected chi connectivity index (χ0v) is 25.6. The van der Waals surface area contributed by atoms with Crippen LogP contribution in [0.5, 0.6) is 0 Å². The molecule has 8 heteroatoms. The predicted octanol–water partition coefficient (Wildman–Crippen LogP) is 5.91. The Morgan fingerprint density at radius 1 is 0.975 bits per heavy atom. The normalized spacial score (nSPS) is 19.4. The molecule has 1 saturated heterocycles. The van der Waals surface area contributed by atoms with Crippen LogP contribution in [0.25, 0.3) is 11.3 Å². The first kappa shape index (κ1) is 29.3. The maximum atomic E-state index is 13.6. The van der Waals surface area contributed by atoms with Gasteiger partial charge in [-0.25, -0.2) is 13.1 Å². The number of hydrogen-bond acceptors (Lipinski definition) is 4. The molecule has 40 heavy (non-hydrogen) atoms. The second-order valence-electron chi connectivity index (χ2n) is 13.1. The summed E-state index contributed by atoms with van der Waals surface area (Å²) in [5.74, 6) is 0.576. The highest BCUT2D eigenvalue weighted by molar-refractivity contribution is 7.89. The molecule has 2 aromatic rings. The fourth-order valence-electron chi connectivity index (χ4n) is 6.85. The molecule has 2 N–H and O–H groups in total. The van der Waals surface area contributed by atoms with Gasteiger partial charge in [-0.05, 0) is 108 Å². The van der Waals surface area contributed by atoms with Crippen LogP contribution in [0.3, 0.4) is 0 Å². The van der Waals surface area contributed by atoms with Crippen LogP contribution in [0.1, 0.15) is 106 Å². The van der Waals surface area contributed by atoms with Crippen molar-refractivity contribution in [3.63, 3.8) is 0 Å². The summed E-state index contributed by atoms with van der Waals surface area (Å²) in [4.78, 5) is 14.0. The lowest BCUT2D eigenvalue weighted by atomic mass is 9.86. The van der Waals surface area contributed by atoms with E-state index in [1.165, 1.54) is 32.1 Å². The van der Waals surface area contributed by atoms with Gasteiger partial charge >= 0.3 is 0 Å². The summed E-state index contributed by atoms with van der Waals surface area (Å²) in [6.45, 7) is 9.96. The second-order valence-corrected chi connectivity index (χ2v) is 14.8. The Labute approximate surface area is 240 Å². The molecule has 2 fully saturated rings. The smallest absolute Gasteiger partial charge is 0.253 e. The Bertz CT molecular complexity index is 1330. The number of fused-ring (bicyclic) bond motifs is 1. The molecule has 3 aliphatic rings. The Morgan fingerprint density at radius 2 is 1.65 bits per heavy atom. The van der Waals surface area contributed by atoms with Gasteiger partial charge in [-0.1, -0.05) is 25.3 Å². The zero-order chi connectivity index (χ0) is 28.5. The van der Waals surface area contributed by atoms with E-state index in [1.54, 1.807) is 6.07 Å². The average molecular weight is 570 g/mol. The number of nitrogens with one attached hydrogen (secondary N) is 2. The molecule has 2 aliphatic carbocycles. The van der Waals surface area contributed by atoms with Gasteiger partial charge in [0, 0.05) is 48.3 Å². The summed E-state index contributed by atoms with van der Waals surface area (Å²) in [5.41, 5.74) is 5.37. The topological polar surface area (TPSA) is 89.4 Å². The monoisotopic (exact) mass is 569 g/mol. The Morgan fingerprint density at radius 3 is 2.33 bits per heavy atom. The molecule has 2 heterocycles. The molecule has 0 spiro atoms. The van der Waals surface area contributed by atoms with E-state index in [0.29, 0.717) is 24.0 Å². The molecular weight excluding hydrogens is 522 g/mol. The van der Waals surface area contributed by atoms with Crippen molar-refractivity contribution in [3.8, 4) is 11.3 Å². The van der Waals surface area contributed by atoms with Crippen LogP contribution in [0.4, 0.5) is 0 Å². The van der Waals surface area contributed by atoms with Crippen molar-refractivity contribution in [2.24, 2.45) is 5.92 Å². The number of amides is 1. The third-order valence-electron chi connectivity index (χ3n) is 8.83. The summed E-state index contributed by atoms with van der Waals surface area (Å²) in [5, 5.41) is 3.26. The van der Waals surface area contributed by atoms with Crippen LogP contribution in [0.15, 0.2) is 23.1 Å². The molecule has 1 aliphatic heterocycles. The average Bonchev–Trinajstić information content (AvgIpc) is 3.23. The quantitative estimate of drug-likeness (QED) is 0.434. The first-order chi connectivity index (χ1) is 19.0. The van der Waals surface area contributed by atoms with E-state index in [4.69, 9.17) is 4.74 Å². The molecule has 5 rings (SSSR count). The fraction of sp³-hybridized carbons (Fsp3) is 0.656. The van der Waals surface area contributed by atoms with E-state index in [1.807, 2.05) is 26.8 Å². The van der Waals surface area contributed by atoms with Gasteiger partial charge in [-0.2, -0.15) is 0 Å². The van der Waals surface area contributed by atoms with Crippen molar-refractivity contribution in [3.05, 3.63) is 40.6 Å². The third kappa shape index (κ3) is 6.50. The summed E-state index contributed by atoms with van der Waals surface area (Å²) < 4.78 is 37.6. The molecule has 1 amide bonds. The number of benzene rings is 1. The van der Waals surface area contributed by atoms with Gasteiger partial charge in [-0.15, -0.1) is 0 Å². The Hall–Kier alpha value is -2.16.